The molecule has 0 amide bonds. The van der Waals surface area contributed by atoms with Crippen LogP contribution in [0.25, 0.3) is 22.0 Å². The second-order valence-electron chi connectivity index (χ2n) is 6.60. The molecule has 3 nitrogen and oxygen atoms in total. The summed E-state index contributed by atoms with van der Waals surface area (Å²) in [5.74, 6) is 1.42. The molecule has 0 unspecified atom stereocenters. The van der Waals surface area contributed by atoms with Gasteiger partial charge in [-0.25, -0.2) is 0 Å². The Bertz CT molecular complexity index is 1170. The Hall–Kier alpha value is -3.17. The summed E-state index contributed by atoms with van der Waals surface area (Å²) in [6.45, 7) is 3.43. The minimum Gasteiger partial charge on any atom is -0.457 e. The Morgan fingerprint density at radius 3 is 2.32 bits per heavy atom. The summed E-state index contributed by atoms with van der Waals surface area (Å²) in [5, 5.41) is 1.52. The van der Waals surface area contributed by atoms with Gasteiger partial charge >= 0.3 is 0 Å². The number of carbonyl (C=O) groups excluding carboxylic acids is 1. The topological polar surface area (TPSA) is 39.2 Å². The van der Waals surface area contributed by atoms with Gasteiger partial charge in [0, 0.05) is 27.2 Å². The standard InChI is InChI=1S/C24H18ClNO2/c1-15-23(16(2)27)24(17-8-10-18(25)11-9-17)21-14-20(12-13-22(21)26-15)28-19-6-4-3-5-7-19/h3-14H,1-2H3. The van der Waals surface area contributed by atoms with Crippen LogP contribution in [0.1, 0.15) is 23.0 Å². The molecule has 4 heteroatoms. The van der Waals surface area contributed by atoms with Gasteiger partial charge in [0.25, 0.3) is 0 Å². The van der Waals surface area contributed by atoms with E-state index in [1.807, 2.05) is 79.7 Å². The lowest BCUT2D eigenvalue weighted by molar-refractivity contribution is 0.101. The number of ether oxygens (including phenoxy) is 1. The van der Waals surface area contributed by atoms with Crippen LogP contribution in [0.5, 0.6) is 11.5 Å². The van der Waals surface area contributed by atoms with E-state index < -0.39 is 0 Å². The van der Waals surface area contributed by atoms with Gasteiger partial charge in [0.05, 0.1) is 5.52 Å². The van der Waals surface area contributed by atoms with Crippen LogP contribution >= 0.6 is 11.6 Å². The summed E-state index contributed by atoms with van der Waals surface area (Å²) in [4.78, 5) is 17.1. The van der Waals surface area contributed by atoms with E-state index in [4.69, 9.17) is 16.3 Å². The number of carbonyl (C=O) groups is 1. The van der Waals surface area contributed by atoms with Crippen molar-refractivity contribution >= 4 is 28.3 Å². The zero-order valence-electron chi connectivity index (χ0n) is 15.6. The number of nitrogens with zero attached hydrogens (tertiary/aromatic N) is 1. The second kappa shape index (κ2) is 7.45. The first-order chi connectivity index (χ1) is 13.5. The van der Waals surface area contributed by atoms with Crippen molar-refractivity contribution in [2.45, 2.75) is 13.8 Å². The highest BCUT2D eigenvalue weighted by molar-refractivity contribution is 6.30. The van der Waals surface area contributed by atoms with Gasteiger partial charge in [-0.05, 0) is 61.9 Å². The van der Waals surface area contributed by atoms with Gasteiger partial charge in [-0.3, -0.25) is 9.78 Å². The maximum Gasteiger partial charge on any atom is 0.162 e. The molecule has 0 saturated heterocycles. The second-order valence-corrected chi connectivity index (χ2v) is 7.04. The fraction of sp³-hybridized carbons (Fsp3) is 0.0833. The van der Waals surface area contributed by atoms with Crippen molar-refractivity contribution in [3.05, 3.63) is 89.1 Å². The molecule has 138 valence electrons. The Morgan fingerprint density at radius 1 is 0.929 bits per heavy atom. The van der Waals surface area contributed by atoms with Crippen molar-refractivity contribution < 1.29 is 9.53 Å². The number of para-hydroxylation sites is 1. The molecule has 0 bridgehead atoms. The molecule has 0 N–H and O–H groups in total. The van der Waals surface area contributed by atoms with Gasteiger partial charge in [-0.2, -0.15) is 0 Å². The third kappa shape index (κ3) is 3.49. The zero-order chi connectivity index (χ0) is 19.7. The van der Waals surface area contributed by atoms with E-state index in [-0.39, 0.29) is 5.78 Å². The third-order valence-electron chi connectivity index (χ3n) is 4.60. The SMILES string of the molecule is CC(=O)c1c(C)nc2ccc(Oc3ccccc3)cc2c1-c1ccc(Cl)cc1. The smallest absolute Gasteiger partial charge is 0.162 e. The number of pyridine rings is 1. The number of aryl methyl sites for hydroxylation is 1. The van der Waals surface area contributed by atoms with E-state index in [1.54, 1.807) is 6.92 Å². The van der Waals surface area contributed by atoms with Gasteiger partial charge in [-0.1, -0.05) is 41.9 Å². The molecule has 0 fully saturated rings. The summed E-state index contributed by atoms with van der Waals surface area (Å²) < 4.78 is 5.99. The molecule has 0 atom stereocenters. The molecule has 0 radical (unpaired) electrons. The van der Waals surface area contributed by atoms with Gasteiger partial charge in [0.15, 0.2) is 5.78 Å². The lowest BCUT2D eigenvalue weighted by atomic mass is 9.92. The van der Waals surface area contributed by atoms with E-state index in [2.05, 4.69) is 4.98 Å². The number of hydrogen-bond donors (Lipinski definition) is 0. The average molecular weight is 388 g/mol. The molecule has 1 aromatic heterocycles. The largest absolute Gasteiger partial charge is 0.457 e. The molecule has 0 spiro atoms. The lowest BCUT2D eigenvalue weighted by Crippen LogP contribution is -2.04. The minimum atomic E-state index is -0.0220. The Kier molecular flexibility index (Phi) is 4.84. The molecule has 0 aliphatic heterocycles. The summed E-state index contributed by atoms with van der Waals surface area (Å²) in [6.07, 6.45) is 0. The summed E-state index contributed by atoms with van der Waals surface area (Å²) >= 11 is 6.07. The molecule has 1 heterocycles. The first-order valence-corrected chi connectivity index (χ1v) is 9.35. The molecular weight excluding hydrogens is 370 g/mol. The number of rotatable bonds is 4. The van der Waals surface area contributed by atoms with Crippen molar-refractivity contribution in [3.63, 3.8) is 0 Å². The summed E-state index contributed by atoms with van der Waals surface area (Å²) in [7, 11) is 0. The van der Waals surface area contributed by atoms with Crippen molar-refractivity contribution in [1.29, 1.82) is 0 Å². The highest BCUT2D eigenvalue weighted by Crippen LogP contribution is 2.36. The monoisotopic (exact) mass is 387 g/mol. The highest BCUT2D eigenvalue weighted by atomic mass is 35.5. The molecule has 0 saturated carbocycles. The summed E-state index contributed by atoms with van der Waals surface area (Å²) in [5.41, 5.74) is 3.91. The first kappa shape index (κ1) is 18.2. The third-order valence-corrected chi connectivity index (χ3v) is 4.85. The number of ketones is 1. The maximum atomic E-state index is 12.4. The Morgan fingerprint density at radius 2 is 1.64 bits per heavy atom. The van der Waals surface area contributed by atoms with Crippen LogP contribution in [0.2, 0.25) is 5.02 Å². The van der Waals surface area contributed by atoms with Gasteiger partial charge in [0.2, 0.25) is 0 Å². The minimum absolute atomic E-state index is 0.0220. The van der Waals surface area contributed by atoms with Crippen molar-refractivity contribution in [1.82, 2.24) is 4.98 Å². The number of aromatic nitrogens is 1. The number of Topliss-reactive ketones (excluding diaryl/α,β-unsaturated/α-hetero) is 1. The normalized spacial score (nSPS) is 10.8. The van der Waals surface area contributed by atoms with Crippen LogP contribution in [0.15, 0.2) is 72.8 Å². The highest BCUT2D eigenvalue weighted by Gasteiger charge is 2.18. The van der Waals surface area contributed by atoms with Crippen LogP contribution < -0.4 is 4.74 Å². The molecule has 0 aliphatic carbocycles. The maximum absolute atomic E-state index is 12.4. The van der Waals surface area contributed by atoms with Crippen molar-refractivity contribution in [2.75, 3.05) is 0 Å². The Balaban J connectivity index is 1.96. The fourth-order valence-corrected chi connectivity index (χ4v) is 3.53. The fourth-order valence-electron chi connectivity index (χ4n) is 3.40. The molecular formula is C24H18ClNO2. The van der Waals surface area contributed by atoms with E-state index >= 15 is 0 Å². The molecule has 4 rings (SSSR count). The first-order valence-electron chi connectivity index (χ1n) is 8.97. The quantitative estimate of drug-likeness (QED) is 0.359. The number of fused-ring (bicyclic) bond motifs is 1. The molecule has 28 heavy (non-hydrogen) atoms. The molecule has 0 aliphatic rings. The zero-order valence-corrected chi connectivity index (χ0v) is 16.3. The Labute approximate surface area is 168 Å². The van der Waals surface area contributed by atoms with E-state index in [1.165, 1.54) is 0 Å². The molecule has 4 aromatic rings. The van der Waals surface area contributed by atoms with E-state index in [0.29, 0.717) is 22.0 Å². The number of halogens is 1. The van der Waals surface area contributed by atoms with Crippen molar-refractivity contribution in [3.8, 4) is 22.6 Å². The average Bonchev–Trinajstić information content (AvgIpc) is 2.68. The lowest BCUT2D eigenvalue weighted by Gasteiger charge is -2.15. The number of benzene rings is 3. The predicted molar refractivity (Wildman–Crippen MR) is 113 cm³/mol. The van der Waals surface area contributed by atoms with Crippen LogP contribution in [-0.4, -0.2) is 10.8 Å². The van der Waals surface area contributed by atoms with Crippen LogP contribution in [0, 0.1) is 6.92 Å². The van der Waals surface area contributed by atoms with Crippen LogP contribution in [0.3, 0.4) is 0 Å². The van der Waals surface area contributed by atoms with Gasteiger partial charge in [0.1, 0.15) is 11.5 Å². The van der Waals surface area contributed by atoms with E-state index in [0.717, 1.165) is 27.8 Å². The van der Waals surface area contributed by atoms with Crippen LogP contribution in [0.4, 0.5) is 0 Å². The van der Waals surface area contributed by atoms with Crippen LogP contribution in [-0.2, 0) is 0 Å². The van der Waals surface area contributed by atoms with Gasteiger partial charge in [-0.15, -0.1) is 0 Å². The predicted octanol–water partition coefficient (Wildman–Crippen LogP) is 6.86. The van der Waals surface area contributed by atoms with E-state index in [9.17, 15) is 4.79 Å². The summed E-state index contributed by atoms with van der Waals surface area (Å²) in [6, 6.07) is 22.8. The molecule has 3 aromatic carbocycles. The van der Waals surface area contributed by atoms with Crippen molar-refractivity contribution in [2.24, 2.45) is 0 Å². The van der Waals surface area contributed by atoms with Gasteiger partial charge < -0.3 is 4.74 Å². The number of hydrogen-bond acceptors (Lipinski definition) is 3.